The topological polar surface area (TPSA) is 0 Å². The summed E-state index contributed by atoms with van der Waals surface area (Å²) < 4.78 is 0. The fourth-order valence-corrected chi connectivity index (χ4v) is 8.74. The van der Waals surface area contributed by atoms with Crippen LogP contribution in [0.4, 0.5) is 0 Å². The van der Waals surface area contributed by atoms with Crippen molar-refractivity contribution in [2.75, 3.05) is 0 Å². The maximum atomic E-state index is 2.49. The molecule has 9 aromatic rings. The van der Waals surface area contributed by atoms with Gasteiger partial charge in [0.2, 0.25) is 0 Å². The first-order valence-electron chi connectivity index (χ1n) is 16.6. The highest BCUT2D eigenvalue weighted by Crippen LogP contribution is 2.53. The Morgan fingerprint density at radius 3 is 1.57 bits per heavy atom. The van der Waals surface area contributed by atoms with Crippen molar-refractivity contribution >= 4 is 53.9 Å². The molecule has 0 bridgehead atoms. The number of hydrogen-bond donors (Lipinski definition) is 0. The average molecular weight is 597 g/mol. The molecule has 1 aliphatic rings. The zero-order chi connectivity index (χ0) is 31.3. The first-order valence-corrected chi connectivity index (χ1v) is 16.6. The largest absolute Gasteiger partial charge is 0.0616 e. The molecule has 0 radical (unpaired) electrons. The van der Waals surface area contributed by atoms with Crippen LogP contribution in [-0.4, -0.2) is 0 Å². The van der Waals surface area contributed by atoms with E-state index in [2.05, 4.69) is 172 Å². The van der Waals surface area contributed by atoms with E-state index in [4.69, 9.17) is 0 Å². The lowest BCUT2D eigenvalue weighted by atomic mass is 9.79. The van der Waals surface area contributed by atoms with Gasteiger partial charge in [-0.2, -0.15) is 0 Å². The van der Waals surface area contributed by atoms with Gasteiger partial charge in [0.05, 0.1) is 0 Å². The summed E-state index contributed by atoms with van der Waals surface area (Å²) in [4.78, 5) is 0. The highest BCUT2D eigenvalue weighted by atomic mass is 14.4. The van der Waals surface area contributed by atoms with E-state index in [0.29, 0.717) is 0 Å². The lowest BCUT2D eigenvalue weighted by molar-refractivity contribution is 0.666. The Balaban J connectivity index is 1.26. The molecule has 0 heterocycles. The van der Waals surface area contributed by atoms with E-state index in [0.717, 1.165) is 0 Å². The summed E-state index contributed by atoms with van der Waals surface area (Å²) in [7, 11) is 0. The van der Waals surface area contributed by atoms with Gasteiger partial charge in [-0.15, -0.1) is 0 Å². The van der Waals surface area contributed by atoms with Crippen LogP contribution in [0, 0.1) is 0 Å². The van der Waals surface area contributed by atoms with Gasteiger partial charge in [-0.05, 0) is 104 Å². The van der Waals surface area contributed by atoms with E-state index in [-0.39, 0.29) is 5.41 Å². The van der Waals surface area contributed by atoms with Crippen LogP contribution >= 0.6 is 0 Å². The van der Waals surface area contributed by atoms with Gasteiger partial charge in [0.15, 0.2) is 0 Å². The number of hydrogen-bond acceptors (Lipinski definition) is 0. The molecule has 0 N–H and O–H groups in total. The second-order valence-electron chi connectivity index (χ2n) is 13.6. The summed E-state index contributed by atoms with van der Waals surface area (Å²) in [6, 6.07) is 58.8. The fraction of sp³-hybridized carbons (Fsp3) is 0.0638. The van der Waals surface area contributed by atoms with Gasteiger partial charge in [-0.3, -0.25) is 0 Å². The Bertz CT molecular complexity index is 2700. The molecular weight excluding hydrogens is 565 g/mol. The molecule has 0 unspecified atom stereocenters. The fourth-order valence-electron chi connectivity index (χ4n) is 8.74. The van der Waals surface area contributed by atoms with Crippen molar-refractivity contribution in [1.82, 2.24) is 0 Å². The van der Waals surface area contributed by atoms with Crippen LogP contribution in [0.2, 0.25) is 0 Å². The molecule has 1 aliphatic carbocycles. The van der Waals surface area contributed by atoms with Gasteiger partial charge in [0, 0.05) is 5.41 Å². The van der Waals surface area contributed by atoms with Crippen molar-refractivity contribution < 1.29 is 0 Å². The molecular formula is C47H32. The van der Waals surface area contributed by atoms with Crippen LogP contribution in [-0.2, 0) is 5.41 Å². The minimum Gasteiger partial charge on any atom is -0.0616 e. The Morgan fingerprint density at radius 1 is 0.340 bits per heavy atom. The standard InChI is InChI=1S/C47H32/c1-47(2)43-28-31(24-26-36(43)42-27-23-30-13-4-6-15-33(30)46(42)47)44-38-16-7-9-18-40(38)45(41-19-10-8-17-39(41)44)37-21-11-20-34-32-14-5-3-12-29(32)22-25-35(34)37/h3-28H,1-2H3. The molecule has 47 heavy (non-hydrogen) atoms. The van der Waals surface area contributed by atoms with Crippen molar-refractivity contribution in [1.29, 1.82) is 0 Å². The third-order valence-electron chi connectivity index (χ3n) is 10.8. The van der Waals surface area contributed by atoms with Gasteiger partial charge in [-0.25, -0.2) is 0 Å². The highest BCUT2D eigenvalue weighted by Gasteiger charge is 2.37. The zero-order valence-electron chi connectivity index (χ0n) is 26.5. The lowest BCUT2D eigenvalue weighted by Crippen LogP contribution is -2.15. The first kappa shape index (κ1) is 26.5. The van der Waals surface area contributed by atoms with Crippen LogP contribution in [0.5, 0.6) is 0 Å². The normalized spacial score (nSPS) is 13.5. The zero-order valence-corrected chi connectivity index (χ0v) is 26.5. The molecule has 0 spiro atoms. The molecule has 9 aromatic carbocycles. The summed E-state index contributed by atoms with van der Waals surface area (Å²) in [5.74, 6) is 0. The average Bonchev–Trinajstić information content (AvgIpc) is 3.36. The molecule has 0 saturated heterocycles. The Kier molecular flexibility index (Phi) is 5.44. The van der Waals surface area contributed by atoms with Crippen molar-refractivity contribution in [3.63, 3.8) is 0 Å². The predicted octanol–water partition coefficient (Wildman–Crippen LogP) is 13.1. The number of fused-ring (bicyclic) bond motifs is 10. The Labute approximate surface area is 274 Å². The minimum absolute atomic E-state index is 0.112. The Hall–Kier alpha value is -5.72. The SMILES string of the molecule is CC1(C)c2cc(-c3c4ccccc4c(-c4cccc5c4ccc4ccccc45)c4ccccc34)ccc2-c2ccc3ccccc3c21. The van der Waals surface area contributed by atoms with Gasteiger partial charge < -0.3 is 0 Å². The lowest BCUT2D eigenvalue weighted by Gasteiger charge is -2.24. The van der Waals surface area contributed by atoms with E-state index in [9.17, 15) is 0 Å². The quantitative estimate of drug-likeness (QED) is 0.138. The smallest absolute Gasteiger partial charge is 0.0165 e. The summed E-state index contributed by atoms with van der Waals surface area (Å²) in [6.45, 7) is 4.80. The molecule has 0 aliphatic heterocycles. The second-order valence-corrected chi connectivity index (χ2v) is 13.6. The van der Waals surface area contributed by atoms with Gasteiger partial charge in [-0.1, -0.05) is 166 Å². The van der Waals surface area contributed by atoms with Gasteiger partial charge >= 0.3 is 0 Å². The summed E-state index contributed by atoms with van der Waals surface area (Å²) in [5, 5.41) is 13.0. The van der Waals surface area contributed by atoms with Crippen LogP contribution in [0.3, 0.4) is 0 Å². The van der Waals surface area contributed by atoms with Crippen LogP contribution < -0.4 is 0 Å². The third-order valence-corrected chi connectivity index (χ3v) is 10.8. The molecule has 220 valence electrons. The van der Waals surface area contributed by atoms with Crippen molar-refractivity contribution in [3.8, 4) is 33.4 Å². The highest BCUT2D eigenvalue weighted by molar-refractivity contribution is 6.25. The minimum atomic E-state index is -0.112. The van der Waals surface area contributed by atoms with E-state index in [1.54, 1.807) is 0 Å². The van der Waals surface area contributed by atoms with E-state index >= 15 is 0 Å². The third kappa shape index (κ3) is 3.64. The van der Waals surface area contributed by atoms with Crippen LogP contribution in [0.25, 0.3) is 87.2 Å². The Morgan fingerprint density at radius 2 is 0.872 bits per heavy atom. The molecule has 10 rings (SSSR count). The number of rotatable bonds is 2. The second kappa shape index (κ2) is 9.64. The van der Waals surface area contributed by atoms with E-state index in [1.165, 1.54) is 98.4 Å². The van der Waals surface area contributed by atoms with Gasteiger partial charge in [0.1, 0.15) is 0 Å². The maximum absolute atomic E-state index is 2.49. The van der Waals surface area contributed by atoms with E-state index < -0.39 is 0 Å². The van der Waals surface area contributed by atoms with Crippen molar-refractivity contribution in [3.05, 3.63) is 169 Å². The summed E-state index contributed by atoms with van der Waals surface area (Å²) >= 11 is 0. The molecule has 0 aromatic heterocycles. The molecule has 0 atom stereocenters. The number of benzene rings is 9. The van der Waals surface area contributed by atoms with Gasteiger partial charge in [0.25, 0.3) is 0 Å². The summed E-state index contributed by atoms with van der Waals surface area (Å²) in [6.07, 6.45) is 0. The molecule has 0 saturated carbocycles. The first-order chi connectivity index (χ1) is 23.1. The van der Waals surface area contributed by atoms with E-state index in [1.807, 2.05) is 0 Å². The molecule has 0 amide bonds. The monoisotopic (exact) mass is 596 g/mol. The predicted molar refractivity (Wildman–Crippen MR) is 202 cm³/mol. The molecule has 0 fully saturated rings. The summed E-state index contributed by atoms with van der Waals surface area (Å²) in [5.41, 5.74) is 10.6. The molecule has 0 nitrogen and oxygen atoms in total. The van der Waals surface area contributed by atoms with Crippen molar-refractivity contribution in [2.24, 2.45) is 0 Å². The van der Waals surface area contributed by atoms with Crippen LogP contribution in [0.15, 0.2) is 158 Å². The van der Waals surface area contributed by atoms with Crippen LogP contribution in [0.1, 0.15) is 25.0 Å². The molecule has 0 heteroatoms. The van der Waals surface area contributed by atoms with Crippen molar-refractivity contribution in [2.45, 2.75) is 19.3 Å². The maximum Gasteiger partial charge on any atom is 0.0165 e.